The number of urea groups is 1. The molecule has 1 atom stereocenters. The van der Waals surface area contributed by atoms with Crippen LogP contribution in [0.5, 0.6) is 0 Å². The normalized spacial score (nSPS) is 21.0. The second-order valence-corrected chi connectivity index (χ2v) is 5.70. The van der Waals surface area contributed by atoms with Gasteiger partial charge in [-0.3, -0.25) is 10.1 Å². The van der Waals surface area contributed by atoms with E-state index in [2.05, 4.69) is 29.2 Å². The second-order valence-electron chi connectivity index (χ2n) is 5.70. The molecule has 0 aromatic carbocycles. The SMILES string of the molecule is CC1(C)CCCCC1NC(=O)NC(=O)COCC(=O)O. The minimum absolute atomic E-state index is 0.0123. The molecule has 0 aliphatic heterocycles. The summed E-state index contributed by atoms with van der Waals surface area (Å²) >= 11 is 0. The highest BCUT2D eigenvalue weighted by Crippen LogP contribution is 2.35. The van der Waals surface area contributed by atoms with Crippen LogP contribution in [0.15, 0.2) is 0 Å². The molecule has 1 fully saturated rings. The molecule has 7 nitrogen and oxygen atoms in total. The van der Waals surface area contributed by atoms with Crippen LogP contribution in [0.4, 0.5) is 4.79 Å². The second kappa shape index (κ2) is 7.23. The Kier molecular flexibility index (Phi) is 5.94. The fraction of sp³-hybridized carbons (Fsp3) is 0.769. The Morgan fingerprint density at radius 1 is 1.25 bits per heavy atom. The third-order valence-corrected chi connectivity index (χ3v) is 3.52. The Morgan fingerprint density at radius 3 is 2.55 bits per heavy atom. The van der Waals surface area contributed by atoms with Gasteiger partial charge in [0.25, 0.3) is 5.91 Å². The van der Waals surface area contributed by atoms with E-state index in [1.165, 1.54) is 0 Å². The Bertz CT molecular complexity index is 381. The fourth-order valence-corrected chi connectivity index (χ4v) is 2.35. The summed E-state index contributed by atoms with van der Waals surface area (Å²) in [6.07, 6.45) is 4.14. The smallest absolute Gasteiger partial charge is 0.329 e. The molecule has 1 unspecified atom stereocenters. The number of hydrogen-bond acceptors (Lipinski definition) is 4. The van der Waals surface area contributed by atoms with E-state index in [0.29, 0.717) is 0 Å². The van der Waals surface area contributed by atoms with Crippen LogP contribution in [-0.2, 0) is 14.3 Å². The van der Waals surface area contributed by atoms with E-state index in [-0.39, 0.29) is 11.5 Å². The lowest BCUT2D eigenvalue weighted by molar-refractivity contribution is -0.143. The van der Waals surface area contributed by atoms with Gasteiger partial charge in [-0.25, -0.2) is 9.59 Å². The van der Waals surface area contributed by atoms with Crippen LogP contribution in [-0.4, -0.2) is 42.3 Å². The summed E-state index contributed by atoms with van der Waals surface area (Å²) in [5, 5.41) is 13.3. The zero-order valence-corrected chi connectivity index (χ0v) is 11.9. The molecule has 1 rings (SSSR count). The van der Waals surface area contributed by atoms with Gasteiger partial charge >= 0.3 is 12.0 Å². The molecule has 7 heteroatoms. The molecular formula is C13H22N2O5. The first-order valence-electron chi connectivity index (χ1n) is 6.71. The van der Waals surface area contributed by atoms with Gasteiger partial charge in [0, 0.05) is 6.04 Å². The number of aliphatic carboxylic acids is 1. The topological polar surface area (TPSA) is 105 Å². The van der Waals surface area contributed by atoms with Gasteiger partial charge in [-0.2, -0.15) is 0 Å². The molecule has 114 valence electrons. The Labute approximate surface area is 118 Å². The summed E-state index contributed by atoms with van der Waals surface area (Å²) in [5.74, 6) is -1.82. The van der Waals surface area contributed by atoms with Gasteiger partial charge in [0.1, 0.15) is 13.2 Å². The number of ether oxygens (including phenoxy) is 1. The molecule has 3 N–H and O–H groups in total. The molecule has 1 aliphatic rings. The van der Waals surface area contributed by atoms with Crippen molar-refractivity contribution < 1.29 is 24.2 Å². The quantitative estimate of drug-likeness (QED) is 0.696. The van der Waals surface area contributed by atoms with Crippen LogP contribution in [0.1, 0.15) is 39.5 Å². The Hall–Kier alpha value is -1.63. The van der Waals surface area contributed by atoms with Crippen molar-refractivity contribution in [2.45, 2.75) is 45.6 Å². The van der Waals surface area contributed by atoms with Gasteiger partial charge in [0.05, 0.1) is 0 Å². The summed E-state index contributed by atoms with van der Waals surface area (Å²) < 4.78 is 4.60. The third-order valence-electron chi connectivity index (χ3n) is 3.52. The maximum atomic E-state index is 11.7. The van der Waals surface area contributed by atoms with Crippen molar-refractivity contribution in [3.05, 3.63) is 0 Å². The van der Waals surface area contributed by atoms with E-state index in [1.807, 2.05) is 0 Å². The highest BCUT2D eigenvalue weighted by molar-refractivity contribution is 5.95. The van der Waals surface area contributed by atoms with Crippen LogP contribution in [0.2, 0.25) is 0 Å². The number of carbonyl (C=O) groups is 3. The molecule has 0 spiro atoms. The lowest BCUT2D eigenvalue weighted by atomic mass is 9.73. The van der Waals surface area contributed by atoms with Gasteiger partial charge in [0.2, 0.25) is 0 Å². The van der Waals surface area contributed by atoms with E-state index < -0.39 is 31.1 Å². The lowest BCUT2D eigenvalue weighted by Gasteiger charge is -2.38. The van der Waals surface area contributed by atoms with Gasteiger partial charge < -0.3 is 15.2 Å². The summed E-state index contributed by atoms with van der Waals surface area (Å²) in [4.78, 5) is 33.2. The largest absolute Gasteiger partial charge is 0.480 e. The monoisotopic (exact) mass is 286 g/mol. The minimum Gasteiger partial charge on any atom is -0.480 e. The zero-order chi connectivity index (χ0) is 15.2. The molecule has 20 heavy (non-hydrogen) atoms. The van der Waals surface area contributed by atoms with Crippen LogP contribution in [0.25, 0.3) is 0 Å². The lowest BCUT2D eigenvalue weighted by Crippen LogP contribution is -2.51. The maximum absolute atomic E-state index is 11.7. The van der Waals surface area contributed by atoms with Crippen molar-refractivity contribution in [2.24, 2.45) is 5.41 Å². The number of carboxylic acid groups (broad SMARTS) is 1. The average Bonchev–Trinajstić information content (AvgIpc) is 2.31. The molecule has 0 aromatic rings. The molecule has 0 aromatic heterocycles. The maximum Gasteiger partial charge on any atom is 0.329 e. The van der Waals surface area contributed by atoms with Gasteiger partial charge in [-0.1, -0.05) is 26.7 Å². The predicted octanol–water partition coefficient (Wildman–Crippen LogP) is 0.882. The fourth-order valence-electron chi connectivity index (χ4n) is 2.35. The number of rotatable bonds is 5. The highest BCUT2D eigenvalue weighted by Gasteiger charge is 2.33. The first kappa shape index (κ1) is 16.4. The Morgan fingerprint density at radius 2 is 1.95 bits per heavy atom. The number of carbonyl (C=O) groups excluding carboxylic acids is 2. The van der Waals surface area contributed by atoms with E-state index in [1.54, 1.807) is 0 Å². The van der Waals surface area contributed by atoms with Crippen molar-refractivity contribution in [1.82, 2.24) is 10.6 Å². The third kappa shape index (κ3) is 5.56. The van der Waals surface area contributed by atoms with E-state index in [4.69, 9.17) is 5.11 Å². The van der Waals surface area contributed by atoms with Crippen molar-refractivity contribution in [3.63, 3.8) is 0 Å². The molecule has 3 amide bonds. The first-order chi connectivity index (χ1) is 9.31. The van der Waals surface area contributed by atoms with E-state index in [0.717, 1.165) is 25.7 Å². The van der Waals surface area contributed by atoms with Crippen LogP contribution in [0.3, 0.4) is 0 Å². The number of imide groups is 1. The van der Waals surface area contributed by atoms with Gasteiger partial charge in [-0.15, -0.1) is 0 Å². The predicted molar refractivity (Wildman–Crippen MR) is 71.2 cm³/mol. The van der Waals surface area contributed by atoms with E-state index >= 15 is 0 Å². The van der Waals surface area contributed by atoms with Crippen molar-refractivity contribution >= 4 is 17.9 Å². The molecule has 1 aliphatic carbocycles. The van der Waals surface area contributed by atoms with Crippen LogP contribution in [0, 0.1) is 5.41 Å². The number of carboxylic acids is 1. The van der Waals surface area contributed by atoms with Crippen molar-refractivity contribution in [2.75, 3.05) is 13.2 Å². The van der Waals surface area contributed by atoms with E-state index in [9.17, 15) is 14.4 Å². The number of hydrogen-bond donors (Lipinski definition) is 3. The summed E-state index contributed by atoms with van der Waals surface area (Å²) in [5.41, 5.74) is 0.0123. The standard InChI is InChI=1S/C13H22N2O5/c1-13(2)6-4-3-5-9(13)14-12(19)15-10(16)7-20-8-11(17)18/h9H,3-8H2,1-2H3,(H,17,18)(H2,14,15,16,19). The molecule has 0 radical (unpaired) electrons. The minimum atomic E-state index is -1.16. The van der Waals surface area contributed by atoms with Crippen LogP contribution < -0.4 is 10.6 Å². The molecule has 0 bridgehead atoms. The first-order valence-corrected chi connectivity index (χ1v) is 6.71. The zero-order valence-electron chi connectivity index (χ0n) is 11.9. The average molecular weight is 286 g/mol. The number of amides is 3. The van der Waals surface area contributed by atoms with Gasteiger partial charge in [0.15, 0.2) is 0 Å². The molecular weight excluding hydrogens is 264 g/mol. The summed E-state index contributed by atoms with van der Waals surface area (Å²) in [6.45, 7) is 3.17. The van der Waals surface area contributed by atoms with Gasteiger partial charge in [-0.05, 0) is 18.3 Å². The molecule has 0 heterocycles. The molecule has 1 saturated carbocycles. The summed E-state index contributed by atoms with van der Waals surface area (Å²) in [7, 11) is 0. The van der Waals surface area contributed by atoms with Crippen LogP contribution >= 0.6 is 0 Å². The number of nitrogens with one attached hydrogen (secondary N) is 2. The summed E-state index contributed by atoms with van der Waals surface area (Å²) in [6, 6.07) is -0.530. The molecule has 0 saturated heterocycles. The highest BCUT2D eigenvalue weighted by atomic mass is 16.5. The van der Waals surface area contributed by atoms with Crippen molar-refractivity contribution in [3.8, 4) is 0 Å². The van der Waals surface area contributed by atoms with Crippen molar-refractivity contribution in [1.29, 1.82) is 0 Å². The Balaban J connectivity index is 2.32.